The van der Waals surface area contributed by atoms with Gasteiger partial charge in [0.05, 0.1) is 18.4 Å². The van der Waals surface area contributed by atoms with Crippen molar-refractivity contribution in [3.8, 4) is 5.75 Å². The number of halogens is 2. The van der Waals surface area contributed by atoms with Crippen molar-refractivity contribution in [1.82, 2.24) is 0 Å². The molecule has 0 atom stereocenters. The number of sulfonamides is 1. The van der Waals surface area contributed by atoms with Gasteiger partial charge in [0.2, 0.25) is 0 Å². The lowest BCUT2D eigenvalue weighted by Crippen LogP contribution is -2.15. The monoisotopic (exact) mass is 375 g/mol. The summed E-state index contributed by atoms with van der Waals surface area (Å²) >= 11 is 11.7. The third-order valence-corrected chi connectivity index (χ3v) is 4.65. The molecule has 0 saturated heterocycles. The summed E-state index contributed by atoms with van der Waals surface area (Å²) in [6.07, 6.45) is 0. The van der Waals surface area contributed by atoms with E-state index >= 15 is 0 Å². The molecular weight excluding hydrogens is 365 g/mol. The van der Waals surface area contributed by atoms with Gasteiger partial charge in [-0.05, 0) is 36.4 Å². The molecule has 0 aromatic heterocycles. The van der Waals surface area contributed by atoms with Gasteiger partial charge in [-0.1, -0.05) is 23.2 Å². The number of anilines is 1. The molecule has 2 rings (SSSR count). The third kappa shape index (κ3) is 4.07. The first kappa shape index (κ1) is 17.4. The van der Waals surface area contributed by atoms with Gasteiger partial charge in [0, 0.05) is 10.0 Å². The maximum Gasteiger partial charge on any atom is 0.335 e. The molecule has 6 nitrogen and oxygen atoms in total. The minimum atomic E-state index is -4.10. The van der Waals surface area contributed by atoms with Gasteiger partial charge in [-0.25, -0.2) is 13.2 Å². The summed E-state index contributed by atoms with van der Waals surface area (Å²) in [5, 5.41) is 9.51. The van der Waals surface area contributed by atoms with Gasteiger partial charge in [0.25, 0.3) is 10.0 Å². The number of carbonyl (C=O) groups is 1. The highest BCUT2D eigenvalue weighted by Crippen LogP contribution is 2.29. The van der Waals surface area contributed by atoms with Crippen molar-refractivity contribution in [2.75, 3.05) is 11.8 Å². The lowest BCUT2D eigenvalue weighted by atomic mass is 10.2. The highest BCUT2D eigenvalue weighted by atomic mass is 35.5. The molecule has 0 fully saturated rings. The van der Waals surface area contributed by atoms with E-state index < -0.39 is 16.0 Å². The molecule has 0 unspecified atom stereocenters. The van der Waals surface area contributed by atoms with Crippen LogP contribution in [0.15, 0.2) is 41.3 Å². The number of aromatic carboxylic acids is 1. The van der Waals surface area contributed by atoms with E-state index in [0.29, 0.717) is 0 Å². The Balaban J connectivity index is 2.50. The Kier molecular flexibility index (Phi) is 5.03. The number of nitrogens with one attached hydrogen (secondary N) is 1. The summed E-state index contributed by atoms with van der Waals surface area (Å²) in [5.41, 5.74) is -0.0411. The second kappa shape index (κ2) is 6.66. The van der Waals surface area contributed by atoms with Crippen LogP contribution < -0.4 is 9.46 Å². The van der Waals surface area contributed by atoms with Crippen LogP contribution in [0.1, 0.15) is 10.4 Å². The van der Waals surface area contributed by atoms with E-state index in [4.69, 9.17) is 33.0 Å². The first-order valence-corrected chi connectivity index (χ1v) is 8.37. The standard InChI is InChI=1S/C14H11Cl2NO5S/c1-22-12-3-2-8(14(18)19)4-13(12)23(20,21)17-11-6-9(15)5-10(16)7-11/h2-7,17H,1H3,(H,18,19). The molecule has 0 amide bonds. The van der Waals surface area contributed by atoms with Gasteiger partial charge in [-0.3, -0.25) is 4.72 Å². The second-order valence-electron chi connectivity index (χ2n) is 4.43. The van der Waals surface area contributed by atoms with Crippen molar-refractivity contribution >= 4 is 44.9 Å². The molecule has 0 heterocycles. The largest absolute Gasteiger partial charge is 0.495 e. The molecule has 9 heteroatoms. The summed E-state index contributed by atoms with van der Waals surface area (Å²) in [5.74, 6) is -1.24. The quantitative estimate of drug-likeness (QED) is 0.833. The number of benzene rings is 2. The van der Waals surface area contributed by atoms with Crippen molar-refractivity contribution in [3.63, 3.8) is 0 Å². The summed E-state index contributed by atoms with van der Waals surface area (Å²) < 4.78 is 32.3. The number of hydrogen-bond acceptors (Lipinski definition) is 4. The van der Waals surface area contributed by atoms with Crippen LogP contribution in [0.2, 0.25) is 10.0 Å². The molecule has 0 aliphatic heterocycles. The van der Waals surface area contributed by atoms with Crippen molar-refractivity contribution in [2.45, 2.75) is 4.90 Å². The average Bonchev–Trinajstić information content (AvgIpc) is 2.44. The topological polar surface area (TPSA) is 92.7 Å². The fourth-order valence-corrected chi connectivity index (χ4v) is 3.61. The number of methoxy groups -OCH3 is 1. The van der Waals surface area contributed by atoms with E-state index in [1.807, 2.05) is 0 Å². The fourth-order valence-electron chi connectivity index (χ4n) is 1.84. The molecule has 0 aliphatic rings. The van der Waals surface area contributed by atoms with E-state index in [2.05, 4.69) is 4.72 Å². The maximum atomic E-state index is 12.5. The first-order chi connectivity index (χ1) is 10.7. The van der Waals surface area contributed by atoms with E-state index in [0.717, 1.165) is 6.07 Å². The Hall–Kier alpha value is -1.96. The van der Waals surface area contributed by atoms with Crippen molar-refractivity contribution < 1.29 is 23.1 Å². The van der Waals surface area contributed by atoms with E-state index in [1.54, 1.807) is 0 Å². The van der Waals surface area contributed by atoms with E-state index in [9.17, 15) is 13.2 Å². The number of carboxylic acids is 1. The van der Waals surface area contributed by atoms with Gasteiger partial charge in [-0.2, -0.15) is 0 Å². The number of ether oxygens (including phenoxy) is 1. The maximum absolute atomic E-state index is 12.5. The zero-order valence-electron chi connectivity index (χ0n) is 11.7. The van der Waals surface area contributed by atoms with E-state index in [1.165, 1.54) is 37.4 Å². The van der Waals surface area contributed by atoms with Crippen LogP contribution in [0.4, 0.5) is 5.69 Å². The SMILES string of the molecule is COc1ccc(C(=O)O)cc1S(=O)(=O)Nc1cc(Cl)cc(Cl)c1. The van der Waals surface area contributed by atoms with Gasteiger partial charge in [-0.15, -0.1) is 0 Å². The molecular formula is C14H11Cl2NO5S. The lowest BCUT2D eigenvalue weighted by Gasteiger charge is -2.12. The smallest absolute Gasteiger partial charge is 0.335 e. The van der Waals surface area contributed by atoms with Gasteiger partial charge < -0.3 is 9.84 Å². The molecule has 0 saturated carbocycles. The average molecular weight is 376 g/mol. The predicted octanol–water partition coefficient (Wildman–Crippen LogP) is 3.50. The Morgan fingerprint density at radius 2 is 1.74 bits per heavy atom. The molecule has 0 bridgehead atoms. The Labute approximate surface area is 142 Å². The fraction of sp³-hybridized carbons (Fsp3) is 0.0714. The number of rotatable bonds is 5. The summed E-state index contributed by atoms with van der Waals surface area (Å²) in [4.78, 5) is 10.7. The van der Waals surface area contributed by atoms with Gasteiger partial charge in [0.15, 0.2) is 0 Å². The van der Waals surface area contributed by atoms with Crippen LogP contribution >= 0.6 is 23.2 Å². The summed E-state index contributed by atoms with van der Waals surface area (Å²) in [6, 6.07) is 7.72. The number of carboxylic acid groups (broad SMARTS) is 1. The summed E-state index contributed by atoms with van der Waals surface area (Å²) in [7, 11) is -2.82. The molecule has 0 aliphatic carbocycles. The zero-order chi connectivity index (χ0) is 17.2. The molecule has 0 spiro atoms. The number of hydrogen-bond donors (Lipinski definition) is 2. The normalized spacial score (nSPS) is 11.1. The highest BCUT2D eigenvalue weighted by Gasteiger charge is 2.22. The Morgan fingerprint density at radius 3 is 2.26 bits per heavy atom. The van der Waals surface area contributed by atoms with Crippen molar-refractivity contribution in [1.29, 1.82) is 0 Å². The van der Waals surface area contributed by atoms with Crippen LogP contribution in [-0.4, -0.2) is 26.6 Å². The minimum Gasteiger partial charge on any atom is -0.495 e. The van der Waals surface area contributed by atoms with Crippen LogP contribution in [0.25, 0.3) is 0 Å². The molecule has 23 heavy (non-hydrogen) atoms. The minimum absolute atomic E-state index is 0.00984. The predicted molar refractivity (Wildman–Crippen MR) is 87.2 cm³/mol. The highest BCUT2D eigenvalue weighted by molar-refractivity contribution is 7.92. The molecule has 122 valence electrons. The first-order valence-electron chi connectivity index (χ1n) is 6.13. The van der Waals surface area contributed by atoms with E-state index in [-0.39, 0.29) is 31.9 Å². The summed E-state index contributed by atoms with van der Waals surface area (Å²) in [6.45, 7) is 0. The van der Waals surface area contributed by atoms with Crippen LogP contribution in [-0.2, 0) is 10.0 Å². The Morgan fingerprint density at radius 1 is 1.13 bits per heavy atom. The molecule has 2 aromatic carbocycles. The van der Waals surface area contributed by atoms with Crippen LogP contribution in [0, 0.1) is 0 Å². The van der Waals surface area contributed by atoms with Gasteiger partial charge in [0.1, 0.15) is 10.6 Å². The van der Waals surface area contributed by atoms with Gasteiger partial charge >= 0.3 is 5.97 Å². The Bertz CT molecular complexity index is 847. The molecule has 0 radical (unpaired) electrons. The lowest BCUT2D eigenvalue weighted by molar-refractivity contribution is 0.0696. The molecule has 2 N–H and O–H groups in total. The molecule has 2 aromatic rings. The van der Waals surface area contributed by atoms with Crippen LogP contribution in [0.3, 0.4) is 0 Å². The van der Waals surface area contributed by atoms with Crippen molar-refractivity contribution in [3.05, 3.63) is 52.0 Å². The third-order valence-electron chi connectivity index (χ3n) is 2.81. The zero-order valence-corrected chi connectivity index (χ0v) is 14.0. The van der Waals surface area contributed by atoms with Crippen molar-refractivity contribution in [2.24, 2.45) is 0 Å². The van der Waals surface area contributed by atoms with Crippen LogP contribution in [0.5, 0.6) is 5.75 Å². The second-order valence-corrected chi connectivity index (χ2v) is 6.96.